The van der Waals surface area contributed by atoms with Gasteiger partial charge in [0.1, 0.15) is 22.4 Å². The molecule has 1 aliphatic rings. The van der Waals surface area contributed by atoms with E-state index in [1.165, 1.54) is 18.9 Å². The summed E-state index contributed by atoms with van der Waals surface area (Å²) in [6.07, 6.45) is 4.69. The number of hydrogen-bond donors (Lipinski definition) is 1. The Morgan fingerprint density at radius 3 is 2.26 bits per heavy atom. The molecule has 0 aromatic heterocycles. The normalized spacial score (nSPS) is 12.4. The summed E-state index contributed by atoms with van der Waals surface area (Å²) in [6, 6.07) is 8.67. The molecule has 0 spiro atoms. The van der Waals surface area contributed by atoms with E-state index in [1.807, 2.05) is 26.0 Å². The Kier molecular flexibility index (Phi) is 16.5. The molecule has 1 N–H and O–H groups in total. The topological polar surface area (TPSA) is 66.0 Å². The lowest BCUT2D eigenvalue weighted by Gasteiger charge is -2.18. The monoisotopic (exact) mass is 621 g/mol. The SMILES string of the molecule is CC1(C)Cc2cccc(OC(=O)NCCCOc3c(Cl)cc(OCC=C(Cl)Cl)cc3Cl)c2O1.CCC.CCC. The van der Waals surface area contributed by atoms with Crippen LogP contribution >= 0.6 is 46.4 Å². The quantitative estimate of drug-likeness (QED) is 0.282. The number of para-hydroxylation sites is 1. The van der Waals surface area contributed by atoms with Crippen molar-refractivity contribution in [3.8, 4) is 23.0 Å². The summed E-state index contributed by atoms with van der Waals surface area (Å²) in [4.78, 5) is 12.2. The molecule has 0 aliphatic carbocycles. The first-order valence-electron chi connectivity index (χ1n) is 13.0. The standard InChI is InChI=1S/C23H23Cl4NO5.2C3H8/c1-23(2)13-14-5-3-6-18(20(14)33-23)32-22(29)28-8-4-9-31-21-16(24)11-15(12-17(21)25)30-10-7-19(26)27;2*1-3-2/h3,5-7,11-12H,4,8-10,13H2,1-2H3,(H,28,29);2*3H2,1-2H3. The molecule has 218 valence electrons. The number of ether oxygens (including phenoxy) is 4. The van der Waals surface area contributed by atoms with Gasteiger partial charge >= 0.3 is 6.09 Å². The van der Waals surface area contributed by atoms with Crippen LogP contribution in [-0.4, -0.2) is 31.5 Å². The van der Waals surface area contributed by atoms with Crippen LogP contribution in [0.4, 0.5) is 4.79 Å². The Labute approximate surface area is 252 Å². The molecule has 0 fully saturated rings. The predicted molar refractivity (Wildman–Crippen MR) is 163 cm³/mol. The lowest BCUT2D eigenvalue weighted by Crippen LogP contribution is -2.29. The maximum Gasteiger partial charge on any atom is 0.412 e. The fourth-order valence-electron chi connectivity index (χ4n) is 3.20. The van der Waals surface area contributed by atoms with Crippen LogP contribution in [0.5, 0.6) is 23.0 Å². The molecule has 0 saturated heterocycles. The van der Waals surface area contributed by atoms with E-state index in [0.717, 1.165) is 12.0 Å². The van der Waals surface area contributed by atoms with Crippen LogP contribution in [0.15, 0.2) is 40.9 Å². The zero-order chi connectivity index (χ0) is 29.4. The van der Waals surface area contributed by atoms with Crippen LogP contribution < -0.4 is 24.3 Å². The highest BCUT2D eigenvalue weighted by Crippen LogP contribution is 2.41. The summed E-state index contributed by atoms with van der Waals surface area (Å²) in [6.45, 7) is 13.3. The minimum Gasteiger partial charge on any atom is -0.490 e. The van der Waals surface area contributed by atoms with Crippen LogP contribution in [0.1, 0.15) is 66.4 Å². The summed E-state index contributed by atoms with van der Waals surface area (Å²) in [7, 11) is 0. The molecule has 2 aromatic carbocycles. The molecule has 0 radical (unpaired) electrons. The lowest BCUT2D eigenvalue weighted by molar-refractivity contribution is 0.133. The summed E-state index contributed by atoms with van der Waals surface area (Å²) in [5.74, 6) is 1.79. The zero-order valence-electron chi connectivity index (χ0n) is 23.5. The first kappa shape index (κ1) is 35.0. The number of halogens is 4. The highest BCUT2D eigenvalue weighted by Gasteiger charge is 2.32. The second kappa shape index (κ2) is 18.4. The number of amides is 1. The molecule has 0 atom stereocenters. The van der Waals surface area contributed by atoms with Crippen LogP contribution in [0, 0.1) is 0 Å². The maximum absolute atomic E-state index is 12.2. The number of carbonyl (C=O) groups is 1. The summed E-state index contributed by atoms with van der Waals surface area (Å²) in [5.41, 5.74) is 0.695. The highest BCUT2D eigenvalue weighted by molar-refractivity contribution is 6.55. The van der Waals surface area contributed by atoms with Crippen molar-refractivity contribution >= 4 is 52.5 Å². The van der Waals surface area contributed by atoms with Gasteiger partial charge in [-0.05, 0) is 32.4 Å². The molecule has 0 unspecified atom stereocenters. The largest absolute Gasteiger partial charge is 0.490 e. The number of nitrogens with one attached hydrogen (secondary N) is 1. The minimum atomic E-state index is -0.569. The van der Waals surface area contributed by atoms with E-state index in [4.69, 9.17) is 65.4 Å². The van der Waals surface area contributed by atoms with Gasteiger partial charge in [0.25, 0.3) is 0 Å². The number of benzene rings is 2. The molecule has 0 bridgehead atoms. The van der Waals surface area contributed by atoms with Gasteiger partial charge in [-0.3, -0.25) is 0 Å². The van der Waals surface area contributed by atoms with Gasteiger partial charge in [0.05, 0.1) is 16.7 Å². The molecule has 2 aromatic rings. The third kappa shape index (κ3) is 13.3. The Hall–Kier alpha value is -1.99. The summed E-state index contributed by atoms with van der Waals surface area (Å²) >= 11 is 23.6. The van der Waals surface area contributed by atoms with Crippen molar-refractivity contribution in [2.75, 3.05) is 19.8 Å². The van der Waals surface area contributed by atoms with Gasteiger partial charge in [0.15, 0.2) is 17.2 Å². The molecular weight excluding hydrogens is 584 g/mol. The second-order valence-electron chi connectivity index (χ2n) is 9.24. The molecule has 10 heteroatoms. The Balaban J connectivity index is 0.00000116. The van der Waals surface area contributed by atoms with Gasteiger partial charge < -0.3 is 24.3 Å². The zero-order valence-corrected chi connectivity index (χ0v) is 26.5. The van der Waals surface area contributed by atoms with Crippen LogP contribution in [0.3, 0.4) is 0 Å². The van der Waals surface area contributed by atoms with Crippen molar-refractivity contribution in [2.24, 2.45) is 0 Å². The van der Waals surface area contributed by atoms with Crippen molar-refractivity contribution < 1.29 is 23.7 Å². The number of fused-ring (bicyclic) bond motifs is 1. The van der Waals surface area contributed by atoms with Crippen molar-refractivity contribution in [3.05, 3.63) is 56.5 Å². The number of carbonyl (C=O) groups excluding carboxylic acids is 1. The number of rotatable bonds is 9. The Morgan fingerprint density at radius 2 is 1.67 bits per heavy atom. The fourth-order valence-corrected chi connectivity index (χ4v) is 3.90. The minimum absolute atomic E-state index is 0.106. The molecule has 1 amide bonds. The van der Waals surface area contributed by atoms with Gasteiger partial charge in [-0.15, -0.1) is 0 Å². The molecule has 0 saturated carbocycles. The molecular formula is C29H39Cl4NO5. The van der Waals surface area contributed by atoms with E-state index in [-0.39, 0.29) is 23.3 Å². The molecule has 39 heavy (non-hydrogen) atoms. The van der Waals surface area contributed by atoms with Gasteiger partial charge in [-0.25, -0.2) is 4.79 Å². The van der Waals surface area contributed by atoms with Crippen molar-refractivity contribution in [2.45, 2.75) is 72.8 Å². The summed E-state index contributed by atoms with van der Waals surface area (Å²) in [5, 5.41) is 3.29. The molecule has 1 aliphatic heterocycles. The van der Waals surface area contributed by atoms with Gasteiger partial charge in [0, 0.05) is 30.7 Å². The Morgan fingerprint density at radius 1 is 1.05 bits per heavy atom. The van der Waals surface area contributed by atoms with E-state index in [2.05, 4.69) is 33.0 Å². The fraction of sp³-hybridized carbons (Fsp3) is 0.483. The predicted octanol–water partition coefficient (Wildman–Crippen LogP) is 9.79. The van der Waals surface area contributed by atoms with E-state index in [0.29, 0.717) is 46.0 Å². The number of hydrogen-bond acceptors (Lipinski definition) is 5. The van der Waals surface area contributed by atoms with E-state index in [1.54, 1.807) is 18.2 Å². The second-order valence-corrected chi connectivity index (χ2v) is 11.1. The molecule has 3 rings (SSSR count). The average Bonchev–Trinajstić information content (AvgIpc) is 3.16. The van der Waals surface area contributed by atoms with Crippen molar-refractivity contribution in [3.63, 3.8) is 0 Å². The Bertz CT molecular complexity index is 1050. The molecule has 1 heterocycles. The average molecular weight is 623 g/mol. The van der Waals surface area contributed by atoms with E-state index < -0.39 is 6.09 Å². The third-order valence-corrected chi connectivity index (χ3v) is 5.42. The molecule has 6 nitrogen and oxygen atoms in total. The summed E-state index contributed by atoms with van der Waals surface area (Å²) < 4.78 is 22.5. The van der Waals surface area contributed by atoms with Gasteiger partial charge in [0.2, 0.25) is 0 Å². The maximum atomic E-state index is 12.2. The van der Waals surface area contributed by atoms with Crippen LogP contribution in [0.2, 0.25) is 10.0 Å². The van der Waals surface area contributed by atoms with Gasteiger partial charge in [-0.1, -0.05) is 99.1 Å². The van der Waals surface area contributed by atoms with E-state index >= 15 is 0 Å². The van der Waals surface area contributed by atoms with Crippen LogP contribution in [-0.2, 0) is 6.42 Å². The third-order valence-electron chi connectivity index (χ3n) is 4.55. The first-order chi connectivity index (χ1) is 18.5. The lowest BCUT2D eigenvalue weighted by atomic mass is 10.0. The van der Waals surface area contributed by atoms with Gasteiger partial charge in [-0.2, -0.15) is 0 Å². The first-order valence-corrected chi connectivity index (χ1v) is 14.5. The van der Waals surface area contributed by atoms with Crippen LogP contribution in [0.25, 0.3) is 0 Å². The van der Waals surface area contributed by atoms with E-state index in [9.17, 15) is 4.79 Å². The smallest absolute Gasteiger partial charge is 0.412 e. The highest BCUT2D eigenvalue weighted by atomic mass is 35.5. The van der Waals surface area contributed by atoms with Crippen molar-refractivity contribution in [1.29, 1.82) is 0 Å². The van der Waals surface area contributed by atoms with Crippen molar-refractivity contribution in [1.82, 2.24) is 5.32 Å².